The lowest BCUT2D eigenvalue weighted by Crippen LogP contribution is -2.53. The smallest absolute Gasteiger partial charge is 0.318 e. The second-order valence-electron chi connectivity index (χ2n) is 5.97. The highest BCUT2D eigenvalue weighted by atomic mass is 16.5. The second kappa shape index (κ2) is 7.94. The fraction of sp³-hybridized carbons (Fsp3) is 0.412. The van der Waals surface area contributed by atoms with Crippen molar-refractivity contribution in [2.75, 3.05) is 33.9 Å². The summed E-state index contributed by atoms with van der Waals surface area (Å²) >= 11 is 0. The second-order valence-corrected chi connectivity index (χ2v) is 5.97. The minimum absolute atomic E-state index is 0.0271. The van der Waals surface area contributed by atoms with Crippen LogP contribution in [0.2, 0.25) is 0 Å². The molecular weight excluding hydrogens is 354 g/mol. The van der Waals surface area contributed by atoms with E-state index >= 15 is 0 Å². The van der Waals surface area contributed by atoms with E-state index in [1.165, 1.54) is 4.90 Å². The van der Waals surface area contributed by atoms with Crippen LogP contribution in [-0.2, 0) is 4.79 Å². The summed E-state index contributed by atoms with van der Waals surface area (Å²) in [6.45, 7) is 2.64. The van der Waals surface area contributed by atoms with Gasteiger partial charge in [0.2, 0.25) is 17.6 Å². The van der Waals surface area contributed by atoms with Gasteiger partial charge in [-0.25, -0.2) is 4.79 Å². The van der Waals surface area contributed by atoms with E-state index in [1.54, 1.807) is 39.3 Å². The van der Waals surface area contributed by atoms with Gasteiger partial charge in [0.25, 0.3) is 0 Å². The summed E-state index contributed by atoms with van der Waals surface area (Å²) in [5, 5.41) is 9.39. The van der Waals surface area contributed by atoms with Crippen LogP contribution < -0.4 is 20.1 Å². The van der Waals surface area contributed by atoms with Crippen LogP contribution in [0.3, 0.4) is 0 Å². The molecule has 0 radical (unpaired) electrons. The summed E-state index contributed by atoms with van der Waals surface area (Å²) in [5.74, 6) is 1.58. The lowest BCUT2D eigenvalue weighted by molar-refractivity contribution is -0.123. The van der Waals surface area contributed by atoms with Gasteiger partial charge >= 0.3 is 6.03 Å². The van der Waals surface area contributed by atoms with Crippen molar-refractivity contribution in [3.8, 4) is 22.9 Å². The van der Waals surface area contributed by atoms with Gasteiger partial charge in [-0.3, -0.25) is 4.79 Å². The van der Waals surface area contributed by atoms with E-state index in [0.717, 1.165) is 0 Å². The molecule has 10 heteroatoms. The number of amides is 3. The average molecular weight is 375 g/mol. The lowest BCUT2D eigenvalue weighted by atomic mass is 10.2. The number of urea groups is 1. The first kappa shape index (κ1) is 18.5. The van der Waals surface area contributed by atoms with Crippen LogP contribution in [0, 0.1) is 0 Å². The largest absolute Gasteiger partial charge is 0.493 e. The maximum Gasteiger partial charge on any atom is 0.318 e. The van der Waals surface area contributed by atoms with Gasteiger partial charge in [0.15, 0.2) is 11.5 Å². The molecule has 1 fully saturated rings. The summed E-state index contributed by atoms with van der Waals surface area (Å²) < 4.78 is 15.8. The number of benzene rings is 1. The Kier molecular flexibility index (Phi) is 5.43. The van der Waals surface area contributed by atoms with Crippen LogP contribution in [0.1, 0.15) is 18.9 Å². The molecule has 0 aliphatic carbocycles. The van der Waals surface area contributed by atoms with Crippen molar-refractivity contribution in [2.45, 2.75) is 13.0 Å². The molecule has 1 saturated heterocycles. The average Bonchev–Trinajstić information content (AvgIpc) is 3.17. The number of nitrogens with zero attached hydrogens (tertiary/aromatic N) is 3. The number of ether oxygens (including phenoxy) is 2. The topological polar surface area (TPSA) is 119 Å². The van der Waals surface area contributed by atoms with Crippen molar-refractivity contribution in [2.24, 2.45) is 0 Å². The number of hydrogen-bond donors (Lipinski definition) is 2. The van der Waals surface area contributed by atoms with Crippen LogP contribution in [0.25, 0.3) is 11.4 Å². The van der Waals surface area contributed by atoms with E-state index in [4.69, 9.17) is 14.0 Å². The Morgan fingerprint density at radius 1 is 1.33 bits per heavy atom. The third-order valence-electron chi connectivity index (χ3n) is 4.12. The first-order valence-electron chi connectivity index (χ1n) is 8.40. The number of rotatable bonds is 5. The zero-order chi connectivity index (χ0) is 19.4. The molecule has 1 aliphatic heterocycles. The molecule has 1 aromatic heterocycles. The Bertz CT molecular complexity index is 837. The van der Waals surface area contributed by atoms with E-state index in [0.29, 0.717) is 36.0 Å². The summed E-state index contributed by atoms with van der Waals surface area (Å²) in [5.41, 5.74) is 0.689. The third-order valence-corrected chi connectivity index (χ3v) is 4.12. The molecule has 1 atom stereocenters. The van der Waals surface area contributed by atoms with E-state index in [-0.39, 0.29) is 24.4 Å². The number of carbonyl (C=O) groups excluding carboxylic acids is 2. The van der Waals surface area contributed by atoms with Crippen LogP contribution >= 0.6 is 0 Å². The number of piperazine rings is 1. The maximum atomic E-state index is 12.3. The molecule has 10 nitrogen and oxygen atoms in total. The van der Waals surface area contributed by atoms with Crippen molar-refractivity contribution in [1.82, 2.24) is 25.7 Å². The van der Waals surface area contributed by atoms with Crippen molar-refractivity contribution < 1.29 is 23.6 Å². The third kappa shape index (κ3) is 4.10. The van der Waals surface area contributed by atoms with Crippen molar-refractivity contribution in [1.29, 1.82) is 0 Å². The highest BCUT2D eigenvalue weighted by molar-refractivity contribution is 5.85. The molecule has 144 valence electrons. The van der Waals surface area contributed by atoms with Gasteiger partial charge in [-0.15, -0.1) is 0 Å². The fourth-order valence-electron chi connectivity index (χ4n) is 2.65. The van der Waals surface area contributed by atoms with Gasteiger partial charge in [0.1, 0.15) is 12.6 Å². The van der Waals surface area contributed by atoms with Gasteiger partial charge in [0, 0.05) is 18.7 Å². The van der Waals surface area contributed by atoms with Gasteiger partial charge in [-0.2, -0.15) is 4.98 Å². The monoisotopic (exact) mass is 375 g/mol. The predicted octanol–water partition coefficient (Wildman–Crippen LogP) is 0.956. The number of methoxy groups -OCH3 is 2. The van der Waals surface area contributed by atoms with E-state index in [2.05, 4.69) is 20.8 Å². The molecule has 0 unspecified atom stereocenters. The molecule has 2 heterocycles. The predicted molar refractivity (Wildman–Crippen MR) is 94.4 cm³/mol. The molecule has 0 saturated carbocycles. The zero-order valence-electron chi connectivity index (χ0n) is 15.3. The highest BCUT2D eigenvalue weighted by Gasteiger charge is 2.24. The van der Waals surface area contributed by atoms with Crippen LogP contribution in [0.4, 0.5) is 4.79 Å². The molecule has 3 rings (SSSR count). The normalized spacial score (nSPS) is 15.1. The molecule has 2 aromatic rings. The van der Waals surface area contributed by atoms with Crippen LogP contribution in [0.15, 0.2) is 22.7 Å². The molecule has 0 bridgehead atoms. The maximum absolute atomic E-state index is 12.3. The van der Waals surface area contributed by atoms with E-state index in [9.17, 15) is 9.59 Å². The minimum Gasteiger partial charge on any atom is -0.493 e. The molecule has 3 amide bonds. The standard InChI is InChI=1S/C17H21N5O5/c1-10(19-17(24)22-7-6-18-14(23)9-22)16-20-15(21-27-16)11-4-5-12(25-2)13(8-11)26-3/h4-5,8,10H,6-7,9H2,1-3H3,(H,18,23)(H,19,24)/t10-/m1/s1. The van der Waals surface area contributed by atoms with Crippen molar-refractivity contribution >= 4 is 11.9 Å². The lowest BCUT2D eigenvalue weighted by Gasteiger charge is -2.27. The summed E-state index contributed by atoms with van der Waals surface area (Å²) in [7, 11) is 3.10. The first-order valence-corrected chi connectivity index (χ1v) is 8.40. The summed E-state index contributed by atoms with van der Waals surface area (Å²) in [6.07, 6.45) is 0. The number of hydrogen-bond acceptors (Lipinski definition) is 7. The zero-order valence-corrected chi connectivity index (χ0v) is 15.3. The molecule has 2 N–H and O–H groups in total. The molecule has 1 aromatic carbocycles. The molecule has 27 heavy (non-hydrogen) atoms. The van der Waals surface area contributed by atoms with Gasteiger partial charge < -0.3 is 29.5 Å². The van der Waals surface area contributed by atoms with Crippen molar-refractivity contribution in [3.05, 3.63) is 24.1 Å². The van der Waals surface area contributed by atoms with E-state index in [1.807, 2.05) is 0 Å². The quantitative estimate of drug-likeness (QED) is 0.799. The SMILES string of the molecule is COc1ccc(-c2noc([C@@H](C)NC(=O)N3CCNC(=O)C3)n2)cc1OC. The Hall–Kier alpha value is -3.30. The highest BCUT2D eigenvalue weighted by Crippen LogP contribution is 2.31. The molecule has 1 aliphatic rings. The Morgan fingerprint density at radius 2 is 2.11 bits per heavy atom. The Morgan fingerprint density at radius 3 is 2.81 bits per heavy atom. The summed E-state index contributed by atoms with van der Waals surface area (Å²) in [4.78, 5) is 29.4. The van der Waals surface area contributed by atoms with Crippen LogP contribution in [-0.4, -0.2) is 60.8 Å². The number of nitrogens with one attached hydrogen (secondary N) is 2. The van der Waals surface area contributed by atoms with E-state index < -0.39 is 6.04 Å². The van der Waals surface area contributed by atoms with Crippen LogP contribution in [0.5, 0.6) is 11.5 Å². The van der Waals surface area contributed by atoms with Gasteiger partial charge in [-0.1, -0.05) is 5.16 Å². The van der Waals surface area contributed by atoms with Gasteiger partial charge in [-0.05, 0) is 25.1 Å². The number of aromatic nitrogens is 2. The molecular formula is C17H21N5O5. The first-order chi connectivity index (χ1) is 13.0. The minimum atomic E-state index is -0.510. The van der Waals surface area contributed by atoms with Gasteiger partial charge in [0.05, 0.1) is 14.2 Å². The Balaban J connectivity index is 1.69. The van der Waals surface area contributed by atoms with Crippen molar-refractivity contribution in [3.63, 3.8) is 0 Å². The fourth-order valence-corrected chi connectivity index (χ4v) is 2.65. The molecule has 0 spiro atoms. The summed E-state index contributed by atoms with van der Waals surface area (Å²) in [6, 6.07) is 4.40. The number of carbonyl (C=O) groups is 2. The Labute approximate surface area is 155 Å².